The number of hydrogen-bond acceptors (Lipinski definition) is 7. The molecule has 170 valence electrons. The monoisotopic (exact) mass is 483 g/mol. The molecule has 0 bridgehead atoms. The third kappa shape index (κ3) is 3.70. The van der Waals surface area contributed by atoms with Crippen molar-refractivity contribution < 1.29 is 26.7 Å². The van der Waals surface area contributed by atoms with Crippen LogP contribution >= 0.6 is 11.6 Å². The van der Waals surface area contributed by atoms with E-state index in [1.54, 1.807) is 0 Å². The topological polar surface area (TPSA) is 112 Å². The van der Waals surface area contributed by atoms with Crippen LogP contribution in [-0.2, 0) is 26.5 Å². The van der Waals surface area contributed by atoms with Crippen molar-refractivity contribution >= 4 is 33.1 Å². The number of benzene rings is 1. The second-order valence-corrected chi connectivity index (χ2v) is 11.0. The van der Waals surface area contributed by atoms with Gasteiger partial charge in [-0.15, -0.1) is 0 Å². The third-order valence-electron chi connectivity index (χ3n) is 5.93. The lowest BCUT2D eigenvalue weighted by Crippen LogP contribution is -2.58. The number of sulfone groups is 1. The van der Waals surface area contributed by atoms with Crippen molar-refractivity contribution in [3.8, 4) is 0 Å². The lowest BCUT2D eigenvalue weighted by atomic mass is 9.90. The Kier molecular flexibility index (Phi) is 5.59. The van der Waals surface area contributed by atoms with Crippen LogP contribution in [0.1, 0.15) is 35.0 Å². The van der Waals surface area contributed by atoms with Crippen molar-refractivity contribution in [2.45, 2.75) is 30.1 Å². The van der Waals surface area contributed by atoms with Gasteiger partial charge in [-0.2, -0.15) is 0 Å². The van der Waals surface area contributed by atoms with Crippen LogP contribution in [-0.4, -0.2) is 48.7 Å². The van der Waals surface area contributed by atoms with E-state index in [9.17, 15) is 22.0 Å². The average molecular weight is 484 g/mol. The van der Waals surface area contributed by atoms with E-state index in [0.717, 1.165) is 18.3 Å². The van der Waals surface area contributed by atoms with Gasteiger partial charge >= 0.3 is 0 Å². The number of nitrogens with zero attached hydrogens (tertiary/aromatic N) is 2. The fraction of sp³-hybridized carbons (Fsp3) is 0.381. The van der Waals surface area contributed by atoms with Crippen LogP contribution < -0.4 is 5.73 Å². The van der Waals surface area contributed by atoms with Crippen molar-refractivity contribution in [2.75, 3.05) is 19.0 Å². The van der Waals surface area contributed by atoms with Gasteiger partial charge in [-0.05, 0) is 37.1 Å². The number of carbonyl (C=O) groups excluding carboxylic acids is 1. The van der Waals surface area contributed by atoms with Gasteiger partial charge in [0.25, 0.3) is 0 Å². The summed E-state index contributed by atoms with van der Waals surface area (Å²) in [6.45, 7) is 1.63. The first-order chi connectivity index (χ1) is 15.0. The lowest BCUT2D eigenvalue weighted by Gasteiger charge is -2.39. The van der Waals surface area contributed by atoms with Crippen LogP contribution in [0.15, 0.2) is 35.5 Å². The van der Waals surface area contributed by atoms with Crippen molar-refractivity contribution in [2.24, 2.45) is 10.7 Å². The SMILES string of the molecule is C[C@@]1(c2cc(CC(=O)c3ncc(Cl)cc3F)ccc2F)CS(=O)(=O)[C@@]2(CCOC2)C(N)=N1. The standard InChI is InChI=1S/C21H20ClF2N3O4S/c1-20(11-32(29,30)21(19(25)27-20)4-5-31-10-21)14-6-12(2-3-15(14)23)7-17(28)18-16(24)8-13(22)9-26-18/h2-3,6,8-9H,4-5,7,10-11H2,1H3,(H2,25,27)/t20-,21+/m0/s1. The lowest BCUT2D eigenvalue weighted by molar-refractivity contribution is 0.0984. The molecule has 1 aromatic heterocycles. The molecule has 32 heavy (non-hydrogen) atoms. The Hall–Kier alpha value is -2.43. The van der Waals surface area contributed by atoms with E-state index in [2.05, 4.69) is 9.98 Å². The fourth-order valence-corrected chi connectivity index (χ4v) is 6.59. The second kappa shape index (κ2) is 7.86. The summed E-state index contributed by atoms with van der Waals surface area (Å²) in [6.07, 6.45) is 1.07. The highest BCUT2D eigenvalue weighted by molar-refractivity contribution is 7.93. The van der Waals surface area contributed by atoms with Crippen LogP contribution in [0, 0.1) is 11.6 Å². The number of ether oxygens (including phenoxy) is 1. The van der Waals surface area contributed by atoms with Crippen molar-refractivity contribution in [1.29, 1.82) is 0 Å². The molecule has 1 spiro atoms. The second-order valence-electron chi connectivity index (χ2n) is 8.22. The summed E-state index contributed by atoms with van der Waals surface area (Å²) in [5.74, 6) is -2.77. The quantitative estimate of drug-likeness (QED) is 0.669. The normalized spacial score (nSPS) is 26.8. The molecule has 0 unspecified atom stereocenters. The number of aromatic nitrogens is 1. The highest BCUT2D eigenvalue weighted by atomic mass is 35.5. The summed E-state index contributed by atoms with van der Waals surface area (Å²) in [5.41, 5.74) is 4.53. The largest absolute Gasteiger partial charge is 0.386 e. The molecule has 0 aliphatic carbocycles. The van der Waals surface area contributed by atoms with Crippen LogP contribution in [0.2, 0.25) is 5.02 Å². The molecule has 2 N–H and O–H groups in total. The summed E-state index contributed by atoms with van der Waals surface area (Å²) < 4.78 is 59.0. The van der Waals surface area contributed by atoms with Crippen LogP contribution in [0.3, 0.4) is 0 Å². The van der Waals surface area contributed by atoms with E-state index in [1.807, 2.05) is 0 Å². The number of halogens is 3. The molecule has 0 saturated carbocycles. The smallest absolute Gasteiger partial charge is 0.188 e. The summed E-state index contributed by atoms with van der Waals surface area (Å²) in [5, 5.41) is 0.0513. The van der Waals surface area contributed by atoms with E-state index in [1.165, 1.54) is 19.1 Å². The van der Waals surface area contributed by atoms with E-state index in [4.69, 9.17) is 22.1 Å². The zero-order valence-electron chi connectivity index (χ0n) is 17.1. The zero-order valence-corrected chi connectivity index (χ0v) is 18.6. The highest BCUT2D eigenvalue weighted by Gasteiger charge is 2.57. The van der Waals surface area contributed by atoms with Gasteiger partial charge in [-0.25, -0.2) is 22.2 Å². The van der Waals surface area contributed by atoms with E-state index in [-0.39, 0.29) is 42.5 Å². The minimum absolute atomic E-state index is 0.0207. The predicted molar refractivity (Wildman–Crippen MR) is 115 cm³/mol. The first-order valence-corrected chi connectivity index (χ1v) is 11.8. The Morgan fingerprint density at radius 2 is 2.03 bits per heavy atom. The minimum Gasteiger partial charge on any atom is -0.386 e. The van der Waals surface area contributed by atoms with Gasteiger partial charge in [0, 0.05) is 24.8 Å². The van der Waals surface area contributed by atoms with E-state index >= 15 is 0 Å². The molecule has 2 aliphatic rings. The Morgan fingerprint density at radius 1 is 1.28 bits per heavy atom. The zero-order chi connectivity index (χ0) is 23.3. The molecule has 2 aliphatic heterocycles. The molecule has 1 fully saturated rings. The fourth-order valence-electron chi connectivity index (χ4n) is 4.18. The van der Waals surface area contributed by atoms with Crippen LogP contribution in [0.5, 0.6) is 0 Å². The molecule has 3 heterocycles. The number of pyridine rings is 1. The number of amidine groups is 1. The molecule has 0 amide bonds. The molecule has 1 saturated heterocycles. The molecule has 2 atom stereocenters. The first kappa shape index (κ1) is 22.8. The van der Waals surface area contributed by atoms with E-state index in [0.29, 0.717) is 5.56 Å². The summed E-state index contributed by atoms with van der Waals surface area (Å²) in [7, 11) is -3.82. The van der Waals surface area contributed by atoms with Gasteiger partial charge in [-0.3, -0.25) is 9.79 Å². The summed E-state index contributed by atoms with van der Waals surface area (Å²) in [4.78, 5) is 20.7. The van der Waals surface area contributed by atoms with Crippen molar-refractivity contribution in [3.63, 3.8) is 0 Å². The third-order valence-corrected chi connectivity index (χ3v) is 8.80. The maximum absolute atomic E-state index is 14.8. The Bertz CT molecular complexity index is 1250. The molecule has 4 rings (SSSR count). The first-order valence-electron chi connectivity index (χ1n) is 9.76. The highest BCUT2D eigenvalue weighted by Crippen LogP contribution is 2.41. The number of rotatable bonds is 4. The van der Waals surface area contributed by atoms with Gasteiger partial charge in [0.1, 0.15) is 22.9 Å². The summed E-state index contributed by atoms with van der Waals surface area (Å²) in [6, 6.07) is 4.82. The van der Waals surface area contributed by atoms with Crippen molar-refractivity contribution in [3.05, 3.63) is 63.9 Å². The molecular weight excluding hydrogens is 464 g/mol. The average Bonchev–Trinajstić information content (AvgIpc) is 3.19. The number of Topliss-reactive ketones (excluding diaryl/α,β-unsaturated/α-hetero) is 1. The van der Waals surface area contributed by atoms with Gasteiger partial charge < -0.3 is 10.5 Å². The molecule has 1 aromatic carbocycles. The Balaban J connectivity index is 1.70. The number of nitrogens with two attached hydrogens (primary N) is 1. The van der Waals surface area contributed by atoms with Crippen molar-refractivity contribution in [1.82, 2.24) is 4.98 Å². The van der Waals surface area contributed by atoms with Crippen LogP contribution in [0.25, 0.3) is 0 Å². The molecular formula is C21H20ClF2N3O4S. The molecule has 7 nitrogen and oxygen atoms in total. The predicted octanol–water partition coefficient (Wildman–Crippen LogP) is 2.60. The van der Waals surface area contributed by atoms with Gasteiger partial charge in [0.05, 0.1) is 17.4 Å². The molecule has 0 radical (unpaired) electrons. The summed E-state index contributed by atoms with van der Waals surface area (Å²) >= 11 is 5.67. The molecule has 11 heteroatoms. The number of hydrogen-bond donors (Lipinski definition) is 1. The number of aliphatic imine (C=N–C) groups is 1. The van der Waals surface area contributed by atoms with Crippen LogP contribution in [0.4, 0.5) is 8.78 Å². The Morgan fingerprint density at radius 3 is 2.66 bits per heavy atom. The molecule has 2 aromatic rings. The minimum atomic E-state index is -3.82. The Labute approximate surface area is 188 Å². The van der Waals surface area contributed by atoms with E-state index < -0.39 is 49.0 Å². The van der Waals surface area contributed by atoms with Gasteiger partial charge in [-0.1, -0.05) is 17.7 Å². The van der Waals surface area contributed by atoms with Gasteiger partial charge in [0.15, 0.2) is 26.2 Å². The maximum atomic E-state index is 14.8. The number of carbonyl (C=O) groups is 1. The number of ketones is 1. The maximum Gasteiger partial charge on any atom is 0.188 e. The van der Waals surface area contributed by atoms with Gasteiger partial charge in [0.2, 0.25) is 0 Å².